The minimum Gasteiger partial charge on any atom is -0.361 e. The molecule has 0 fully saturated rings. The lowest BCUT2D eigenvalue weighted by Crippen LogP contribution is -2.34. The summed E-state index contributed by atoms with van der Waals surface area (Å²) in [6, 6.07) is 24.3. The molecule has 27 heavy (non-hydrogen) atoms. The van der Waals surface area contributed by atoms with E-state index in [-0.39, 0.29) is 6.04 Å². The lowest BCUT2D eigenvalue weighted by atomic mass is 9.94. The molecule has 1 atom stereocenters. The summed E-state index contributed by atoms with van der Waals surface area (Å²) in [6.07, 6.45) is 1.99. The number of aromatic nitrogens is 1. The van der Waals surface area contributed by atoms with E-state index in [4.69, 9.17) is 5.73 Å². The molecule has 1 unspecified atom stereocenters. The van der Waals surface area contributed by atoms with Crippen LogP contribution in [0.5, 0.6) is 0 Å². The van der Waals surface area contributed by atoms with Crippen molar-refractivity contribution in [1.29, 1.82) is 0 Å². The van der Waals surface area contributed by atoms with E-state index in [2.05, 4.69) is 41.4 Å². The Bertz CT molecular complexity index is 1150. The fraction of sp³-hybridized carbons (Fsp3) is 0.0870. The summed E-state index contributed by atoms with van der Waals surface area (Å²) in [5, 5.41) is 1.12. The number of nitrogens with two attached hydrogens (primary N) is 1. The van der Waals surface area contributed by atoms with E-state index >= 15 is 0 Å². The fourth-order valence-electron chi connectivity index (χ4n) is 4.12. The lowest BCUT2D eigenvalue weighted by Gasteiger charge is -2.23. The highest BCUT2D eigenvalue weighted by atomic mass is 16.2. The van der Waals surface area contributed by atoms with E-state index in [0.717, 1.165) is 33.2 Å². The number of aromatic amines is 1. The minimum absolute atomic E-state index is 0.168. The molecule has 1 aliphatic rings. The normalized spacial score (nSPS) is 15.9. The van der Waals surface area contributed by atoms with Crippen molar-refractivity contribution in [3.8, 4) is 11.1 Å². The number of H-pyrrole nitrogens is 1. The molecule has 4 heteroatoms. The van der Waals surface area contributed by atoms with Gasteiger partial charge in [0.15, 0.2) is 0 Å². The van der Waals surface area contributed by atoms with E-state index in [1.165, 1.54) is 5.56 Å². The van der Waals surface area contributed by atoms with Crippen molar-refractivity contribution in [3.05, 3.63) is 95.7 Å². The van der Waals surface area contributed by atoms with Crippen LogP contribution in [-0.2, 0) is 6.54 Å². The van der Waals surface area contributed by atoms with Gasteiger partial charge in [-0.15, -0.1) is 0 Å². The largest absolute Gasteiger partial charge is 0.361 e. The highest BCUT2D eigenvalue weighted by molar-refractivity contribution is 5.86. The van der Waals surface area contributed by atoms with Crippen molar-refractivity contribution >= 4 is 16.9 Å². The van der Waals surface area contributed by atoms with E-state index in [1.54, 1.807) is 4.90 Å². The second-order valence-electron chi connectivity index (χ2n) is 6.94. The first-order valence-electron chi connectivity index (χ1n) is 9.03. The third-order valence-corrected chi connectivity index (χ3v) is 5.40. The van der Waals surface area contributed by atoms with Crippen LogP contribution in [0.1, 0.15) is 22.7 Å². The van der Waals surface area contributed by atoms with E-state index in [0.29, 0.717) is 6.54 Å². The molecule has 4 nitrogen and oxygen atoms in total. The maximum absolute atomic E-state index is 12.2. The van der Waals surface area contributed by atoms with Gasteiger partial charge in [0.1, 0.15) is 0 Å². The topological polar surface area (TPSA) is 62.1 Å². The number of fused-ring (bicyclic) bond motifs is 2. The molecule has 0 bridgehead atoms. The second-order valence-corrected chi connectivity index (χ2v) is 6.94. The Kier molecular flexibility index (Phi) is 3.50. The van der Waals surface area contributed by atoms with Crippen LogP contribution in [0.2, 0.25) is 0 Å². The zero-order valence-electron chi connectivity index (χ0n) is 14.7. The molecule has 3 N–H and O–H groups in total. The van der Waals surface area contributed by atoms with Crippen molar-refractivity contribution in [2.45, 2.75) is 12.6 Å². The number of carbonyl (C=O) groups excluding carboxylic acids is 1. The molecule has 5 rings (SSSR count). The molecule has 2 amide bonds. The number of primary amides is 1. The number of amides is 2. The summed E-state index contributed by atoms with van der Waals surface area (Å²) in [5.41, 5.74) is 12.5. The molecule has 4 aromatic rings. The van der Waals surface area contributed by atoms with Crippen LogP contribution in [0, 0.1) is 0 Å². The summed E-state index contributed by atoms with van der Waals surface area (Å²) in [7, 11) is 0. The van der Waals surface area contributed by atoms with Gasteiger partial charge in [0, 0.05) is 29.2 Å². The Hall–Kier alpha value is -3.53. The summed E-state index contributed by atoms with van der Waals surface area (Å²) >= 11 is 0. The number of nitrogens with one attached hydrogen (secondary N) is 1. The smallest absolute Gasteiger partial charge is 0.315 e. The molecular formula is C23H19N3O. The zero-order valence-corrected chi connectivity index (χ0v) is 14.7. The monoisotopic (exact) mass is 353 g/mol. The highest BCUT2D eigenvalue weighted by Crippen LogP contribution is 2.42. The van der Waals surface area contributed by atoms with Crippen LogP contribution in [0.25, 0.3) is 22.0 Å². The summed E-state index contributed by atoms with van der Waals surface area (Å²) in [4.78, 5) is 17.3. The van der Waals surface area contributed by atoms with Gasteiger partial charge in [-0.1, -0.05) is 60.7 Å². The van der Waals surface area contributed by atoms with Crippen molar-refractivity contribution in [2.75, 3.05) is 0 Å². The molecule has 2 heterocycles. The number of rotatable bonds is 2. The van der Waals surface area contributed by atoms with Gasteiger partial charge in [0.25, 0.3) is 0 Å². The molecule has 0 spiro atoms. The van der Waals surface area contributed by atoms with Crippen molar-refractivity contribution in [2.24, 2.45) is 5.73 Å². The van der Waals surface area contributed by atoms with Gasteiger partial charge in [-0.2, -0.15) is 0 Å². The molecule has 0 radical (unpaired) electrons. The third kappa shape index (κ3) is 2.49. The molecule has 3 aromatic carbocycles. The SMILES string of the molecule is NC(=O)N1Cc2cc(-c3ccccc3)ccc2C1c1c[nH]c2ccccc12. The quantitative estimate of drug-likeness (QED) is 0.533. The third-order valence-electron chi connectivity index (χ3n) is 5.40. The van der Waals surface area contributed by atoms with Crippen molar-refractivity contribution in [3.63, 3.8) is 0 Å². The molecule has 1 aromatic heterocycles. The Labute approximate surface area is 157 Å². The molecule has 0 saturated carbocycles. The zero-order chi connectivity index (χ0) is 18.4. The van der Waals surface area contributed by atoms with Crippen molar-refractivity contribution < 1.29 is 4.79 Å². The number of benzene rings is 3. The Morgan fingerprint density at radius 1 is 0.926 bits per heavy atom. The maximum atomic E-state index is 12.2. The lowest BCUT2D eigenvalue weighted by molar-refractivity contribution is 0.199. The number of urea groups is 1. The fourth-order valence-corrected chi connectivity index (χ4v) is 4.12. The minimum atomic E-state index is -0.400. The maximum Gasteiger partial charge on any atom is 0.315 e. The molecule has 0 saturated heterocycles. The number of nitrogens with zero attached hydrogens (tertiary/aromatic N) is 1. The van der Waals surface area contributed by atoms with E-state index < -0.39 is 6.03 Å². The predicted molar refractivity (Wildman–Crippen MR) is 107 cm³/mol. The van der Waals surface area contributed by atoms with Gasteiger partial charge in [-0.05, 0) is 34.4 Å². The Balaban J connectivity index is 1.65. The van der Waals surface area contributed by atoms with Crippen LogP contribution in [0.3, 0.4) is 0 Å². The second kappa shape index (κ2) is 6.02. The van der Waals surface area contributed by atoms with Gasteiger partial charge >= 0.3 is 6.03 Å². The summed E-state index contributed by atoms with van der Waals surface area (Å²) < 4.78 is 0. The van der Waals surface area contributed by atoms with Crippen LogP contribution < -0.4 is 5.73 Å². The van der Waals surface area contributed by atoms with Crippen LogP contribution in [0.4, 0.5) is 4.79 Å². The van der Waals surface area contributed by atoms with Gasteiger partial charge < -0.3 is 15.6 Å². The predicted octanol–water partition coefficient (Wildman–Crippen LogP) is 4.82. The number of hydrogen-bond acceptors (Lipinski definition) is 1. The van der Waals surface area contributed by atoms with Gasteiger partial charge in [0.2, 0.25) is 0 Å². The van der Waals surface area contributed by atoms with E-state index in [9.17, 15) is 4.79 Å². The average Bonchev–Trinajstić information content (AvgIpc) is 3.29. The molecular weight excluding hydrogens is 334 g/mol. The molecule has 1 aliphatic heterocycles. The first-order chi connectivity index (χ1) is 13.2. The first-order valence-corrected chi connectivity index (χ1v) is 9.03. The van der Waals surface area contributed by atoms with E-state index in [1.807, 2.05) is 42.6 Å². The molecule has 0 aliphatic carbocycles. The summed E-state index contributed by atoms with van der Waals surface area (Å²) in [6.45, 7) is 0.523. The highest BCUT2D eigenvalue weighted by Gasteiger charge is 2.35. The number of para-hydroxylation sites is 1. The number of carbonyl (C=O) groups is 1. The van der Waals surface area contributed by atoms with Crippen molar-refractivity contribution in [1.82, 2.24) is 9.88 Å². The standard InChI is InChI=1S/C23H19N3O/c24-23(27)26-14-17-12-16(15-6-2-1-3-7-15)10-11-18(17)22(26)20-13-25-21-9-5-4-8-19(20)21/h1-13,22,25H,14H2,(H2,24,27). The van der Waals surface area contributed by atoms with Gasteiger partial charge in [0.05, 0.1) is 6.04 Å². The summed E-state index contributed by atoms with van der Waals surface area (Å²) in [5.74, 6) is 0. The van der Waals surface area contributed by atoms with Crippen LogP contribution >= 0.6 is 0 Å². The molecule has 132 valence electrons. The Morgan fingerprint density at radius 2 is 1.70 bits per heavy atom. The van der Waals surface area contributed by atoms with Gasteiger partial charge in [-0.25, -0.2) is 4.79 Å². The van der Waals surface area contributed by atoms with Crippen LogP contribution in [-0.4, -0.2) is 15.9 Å². The Morgan fingerprint density at radius 3 is 2.52 bits per heavy atom. The number of hydrogen-bond donors (Lipinski definition) is 2. The average molecular weight is 353 g/mol. The first kappa shape index (κ1) is 15.7. The van der Waals surface area contributed by atoms with Crippen LogP contribution in [0.15, 0.2) is 79.0 Å². The van der Waals surface area contributed by atoms with Gasteiger partial charge in [-0.3, -0.25) is 0 Å².